The maximum atomic E-state index is 12.2. The number of hydrogen-bond donors (Lipinski definition) is 2. The Morgan fingerprint density at radius 3 is 2.80 bits per heavy atom. The van der Waals surface area contributed by atoms with Crippen LogP contribution in [0.1, 0.15) is 23.2 Å². The van der Waals surface area contributed by atoms with Crippen LogP contribution in [0, 0.1) is 0 Å². The highest BCUT2D eigenvalue weighted by Crippen LogP contribution is 2.21. The van der Waals surface area contributed by atoms with Gasteiger partial charge in [-0.25, -0.2) is 17.9 Å². The second kappa shape index (κ2) is 6.21. The Labute approximate surface area is 125 Å². The highest BCUT2D eigenvalue weighted by molar-refractivity contribution is 9.10. The summed E-state index contributed by atoms with van der Waals surface area (Å²) in [7, 11) is -3.75. The number of benzene rings is 1. The molecule has 8 heteroatoms. The van der Waals surface area contributed by atoms with E-state index in [4.69, 9.17) is 9.84 Å². The molecule has 1 unspecified atom stereocenters. The number of carboxylic acids is 1. The van der Waals surface area contributed by atoms with E-state index in [1.54, 1.807) is 0 Å². The summed E-state index contributed by atoms with van der Waals surface area (Å²) < 4.78 is 32.5. The predicted molar refractivity (Wildman–Crippen MR) is 75.3 cm³/mol. The lowest BCUT2D eigenvalue weighted by molar-refractivity contribution is 0.0695. The first-order chi connectivity index (χ1) is 9.40. The van der Waals surface area contributed by atoms with Gasteiger partial charge in [0.2, 0.25) is 10.0 Å². The molecule has 0 amide bonds. The lowest BCUT2D eigenvalue weighted by Gasteiger charge is -2.23. The fraction of sp³-hybridized carbons (Fsp3) is 0.417. The minimum absolute atomic E-state index is 0.0660. The second-order valence-corrected chi connectivity index (χ2v) is 7.05. The normalized spacial score (nSPS) is 19.8. The number of rotatable bonds is 4. The van der Waals surface area contributed by atoms with Crippen molar-refractivity contribution >= 4 is 31.9 Å². The van der Waals surface area contributed by atoms with E-state index in [1.807, 2.05) is 0 Å². The standard InChI is InChI=1S/C12H14BrNO5S/c13-11-4-3-9(6-10(11)12(15)16)20(17,18)14-8-2-1-5-19-7-8/h3-4,6,8,14H,1-2,5,7H2,(H,15,16). The Morgan fingerprint density at radius 2 is 2.20 bits per heavy atom. The van der Waals surface area contributed by atoms with Crippen LogP contribution < -0.4 is 4.72 Å². The molecule has 0 saturated carbocycles. The largest absolute Gasteiger partial charge is 0.478 e. The molecule has 6 nitrogen and oxygen atoms in total. The van der Waals surface area contributed by atoms with E-state index < -0.39 is 16.0 Å². The van der Waals surface area contributed by atoms with Crippen LogP contribution in [0.5, 0.6) is 0 Å². The van der Waals surface area contributed by atoms with E-state index >= 15 is 0 Å². The van der Waals surface area contributed by atoms with Crippen molar-refractivity contribution in [1.82, 2.24) is 4.72 Å². The summed E-state index contributed by atoms with van der Waals surface area (Å²) in [6.07, 6.45) is 1.51. The van der Waals surface area contributed by atoms with Crippen LogP contribution >= 0.6 is 15.9 Å². The molecule has 0 radical (unpaired) electrons. The number of halogens is 1. The number of aromatic carboxylic acids is 1. The van der Waals surface area contributed by atoms with E-state index in [0.29, 0.717) is 24.1 Å². The molecule has 2 N–H and O–H groups in total. The Morgan fingerprint density at radius 1 is 1.45 bits per heavy atom. The molecule has 1 saturated heterocycles. The molecule has 1 atom stereocenters. The zero-order valence-electron chi connectivity index (χ0n) is 10.5. The lowest BCUT2D eigenvalue weighted by Crippen LogP contribution is -2.40. The predicted octanol–water partition coefficient (Wildman–Crippen LogP) is 1.60. The van der Waals surface area contributed by atoms with E-state index in [0.717, 1.165) is 12.5 Å². The quantitative estimate of drug-likeness (QED) is 0.847. The molecule has 0 aromatic heterocycles. The van der Waals surface area contributed by atoms with Crippen molar-refractivity contribution in [3.63, 3.8) is 0 Å². The van der Waals surface area contributed by atoms with Gasteiger partial charge >= 0.3 is 5.97 Å². The summed E-state index contributed by atoms with van der Waals surface area (Å²) in [6, 6.07) is 3.64. The Hall–Kier alpha value is -0.960. The van der Waals surface area contributed by atoms with Crippen LogP contribution in [0.3, 0.4) is 0 Å². The zero-order valence-corrected chi connectivity index (χ0v) is 12.9. The number of sulfonamides is 1. The fourth-order valence-corrected chi connectivity index (χ4v) is 3.65. The van der Waals surface area contributed by atoms with Gasteiger partial charge in [0.25, 0.3) is 0 Å². The number of carbonyl (C=O) groups is 1. The molecular weight excluding hydrogens is 350 g/mol. The molecule has 1 aliphatic rings. The summed E-state index contributed by atoms with van der Waals surface area (Å²) in [6.45, 7) is 0.973. The Kier molecular flexibility index (Phi) is 4.79. The first kappa shape index (κ1) is 15.4. The minimum atomic E-state index is -3.75. The average Bonchev–Trinajstić information content (AvgIpc) is 2.39. The monoisotopic (exact) mass is 363 g/mol. The minimum Gasteiger partial charge on any atom is -0.478 e. The first-order valence-electron chi connectivity index (χ1n) is 6.03. The third-order valence-electron chi connectivity index (χ3n) is 2.96. The van der Waals surface area contributed by atoms with Gasteiger partial charge in [0.15, 0.2) is 0 Å². The summed E-state index contributed by atoms with van der Waals surface area (Å²) in [4.78, 5) is 11.0. The van der Waals surface area contributed by atoms with Crippen LogP contribution in [-0.4, -0.2) is 38.7 Å². The molecule has 2 rings (SSSR count). The fourth-order valence-electron chi connectivity index (χ4n) is 1.96. The molecule has 1 heterocycles. The molecule has 1 aromatic carbocycles. The van der Waals surface area contributed by atoms with E-state index in [-0.39, 0.29) is 16.5 Å². The number of hydrogen-bond acceptors (Lipinski definition) is 4. The third kappa shape index (κ3) is 3.57. The van der Waals surface area contributed by atoms with E-state index in [9.17, 15) is 13.2 Å². The van der Waals surface area contributed by atoms with Gasteiger partial charge in [0.1, 0.15) is 0 Å². The van der Waals surface area contributed by atoms with Crippen molar-refractivity contribution in [2.24, 2.45) is 0 Å². The molecule has 1 aromatic rings. The molecule has 0 spiro atoms. The second-order valence-electron chi connectivity index (χ2n) is 4.48. The smallest absolute Gasteiger partial charge is 0.336 e. The van der Waals surface area contributed by atoms with Gasteiger partial charge in [-0.05, 0) is 47.0 Å². The Bertz CT molecular complexity index is 610. The topological polar surface area (TPSA) is 92.7 Å². The van der Waals surface area contributed by atoms with Gasteiger partial charge in [0.05, 0.1) is 17.1 Å². The van der Waals surface area contributed by atoms with Crippen LogP contribution in [0.2, 0.25) is 0 Å². The molecule has 110 valence electrons. The first-order valence-corrected chi connectivity index (χ1v) is 8.31. The summed E-state index contributed by atoms with van der Waals surface area (Å²) >= 11 is 3.08. The maximum Gasteiger partial charge on any atom is 0.336 e. The molecule has 0 aliphatic carbocycles. The molecular formula is C12H14BrNO5S. The van der Waals surface area contributed by atoms with Gasteiger partial charge < -0.3 is 9.84 Å². The van der Waals surface area contributed by atoms with Crippen LogP contribution in [0.25, 0.3) is 0 Å². The van der Waals surface area contributed by atoms with Crippen molar-refractivity contribution in [3.05, 3.63) is 28.2 Å². The summed E-state index contributed by atoms with van der Waals surface area (Å²) in [5, 5.41) is 9.01. The van der Waals surface area contributed by atoms with Gasteiger partial charge in [-0.15, -0.1) is 0 Å². The molecule has 1 aliphatic heterocycles. The number of nitrogens with one attached hydrogen (secondary N) is 1. The van der Waals surface area contributed by atoms with Crippen LogP contribution in [0.4, 0.5) is 0 Å². The van der Waals surface area contributed by atoms with Crippen molar-refractivity contribution in [3.8, 4) is 0 Å². The average molecular weight is 364 g/mol. The van der Waals surface area contributed by atoms with Gasteiger partial charge in [-0.1, -0.05) is 0 Å². The summed E-state index contributed by atoms with van der Waals surface area (Å²) in [5.41, 5.74) is -0.0900. The molecule has 0 bridgehead atoms. The van der Waals surface area contributed by atoms with Crippen LogP contribution in [-0.2, 0) is 14.8 Å². The van der Waals surface area contributed by atoms with E-state index in [1.165, 1.54) is 12.1 Å². The highest BCUT2D eigenvalue weighted by atomic mass is 79.9. The van der Waals surface area contributed by atoms with Crippen molar-refractivity contribution in [2.45, 2.75) is 23.8 Å². The summed E-state index contributed by atoms with van der Waals surface area (Å²) in [5.74, 6) is -1.19. The van der Waals surface area contributed by atoms with Gasteiger partial charge in [-0.2, -0.15) is 0 Å². The van der Waals surface area contributed by atoms with Gasteiger partial charge in [0, 0.05) is 17.1 Å². The van der Waals surface area contributed by atoms with Gasteiger partial charge in [-0.3, -0.25) is 0 Å². The van der Waals surface area contributed by atoms with Crippen LogP contribution in [0.15, 0.2) is 27.6 Å². The lowest BCUT2D eigenvalue weighted by atomic mass is 10.1. The van der Waals surface area contributed by atoms with Crippen molar-refractivity contribution in [1.29, 1.82) is 0 Å². The van der Waals surface area contributed by atoms with Crippen molar-refractivity contribution in [2.75, 3.05) is 13.2 Å². The Balaban J connectivity index is 2.24. The number of ether oxygens (including phenoxy) is 1. The molecule has 20 heavy (non-hydrogen) atoms. The van der Waals surface area contributed by atoms with Crippen molar-refractivity contribution < 1.29 is 23.1 Å². The third-order valence-corrected chi connectivity index (χ3v) is 5.17. The maximum absolute atomic E-state index is 12.2. The van der Waals surface area contributed by atoms with E-state index in [2.05, 4.69) is 20.7 Å². The molecule has 1 fully saturated rings. The number of carboxylic acid groups (broad SMARTS) is 1. The zero-order chi connectivity index (χ0) is 14.8. The highest BCUT2D eigenvalue weighted by Gasteiger charge is 2.23. The SMILES string of the molecule is O=C(O)c1cc(S(=O)(=O)NC2CCCOC2)ccc1Br.